The van der Waals surface area contributed by atoms with E-state index in [4.69, 9.17) is 0 Å². The van der Waals surface area contributed by atoms with Gasteiger partial charge in [0.05, 0.1) is 0 Å². The first-order valence-electron chi connectivity index (χ1n) is 3.41. The van der Waals surface area contributed by atoms with E-state index in [2.05, 4.69) is 25.7 Å². The molecule has 0 fully saturated rings. The molecule has 1 heterocycles. The molecule has 64 valence electrons. The lowest BCUT2D eigenvalue weighted by Crippen LogP contribution is -2.15. The van der Waals surface area contributed by atoms with E-state index in [0.29, 0.717) is 5.69 Å². The molecule has 0 unspecified atom stereocenters. The summed E-state index contributed by atoms with van der Waals surface area (Å²) >= 11 is 0. The molecule has 0 saturated carbocycles. The zero-order valence-electron chi connectivity index (χ0n) is 6.83. The molecule has 0 bridgehead atoms. The molecule has 0 aliphatic rings. The molecule has 12 heavy (non-hydrogen) atoms. The van der Waals surface area contributed by atoms with E-state index in [-0.39, 0.29) is 11.5 Å². The molecule has 2 N–H and O–H groups in total. The molecule has 0 aromatic carbocycles. The number of aromatic nitrogens is 3. The van der Waals surface area contributed by atoms with Gasteiger partial charge in [0.15, 0.2) is 0 Å². The van der Waals surface area contributed by atoms with Crippen LogP contribution in [-0.4, -0.2) is 21.4 Å². The van der Waals surface area contributed by atoms with E-state index in [1.807, 2.05) is 0 Å². The van der Waals surface area contributed by atoms with Crippen LogP contribution in [0.5, 0.6) is 0 Å². The Morgan fingerprint density at radius 3 is 2.92 bits per heavy atom. The van der Waals surface area contributed by atoms with Crippen LogP contribution in [0.1, 0.15) is 12.6 Å². The zero-order chi connectivity index (χ0) is 8.97. The van der Waals surface area contributed by atoms with Crippen LogP contribution in [0.15, 0.2) is 9.90 Å². The van der Waals surface area contributed by atoms with Crippen LogP contribution in [0.4, 0.5) is 5.95 Å². The minimum absolute atomic E-state index is 0.240. The average Bonchev–Trinajstić information content (AvgIpc) is 2.07. The molecule has 0 aliphatic heterocycles. The molecule has 0 radical (unpaired) electrons. The number of rotatable bonds is 2. The number of aromatic amines is 1. The maximum absolute atomic E-state index is 11.0. The van der Waals surface area contributed by atoms with E-state index in [1.165, 1.54) is 0 Å². The molecule has 6 heteroatoms. The van der Waals surface area contributed by atoms with Crippen LogP contribution in [0.3, 0.4) is 0 Å². The van der Waals surface area contributed by atoms with Crippen LogP contribution in [0.2, 0.25) is 0 Å². The second-order valence-corrected chi connectivity index (χ2v) is 2.09. The summed E-state index contributed by atoms with van der Waals surface area (Å²) in [6.07, 6.45) is 1.54. The monoisotopic (exact) mass is 167 g/mol. The third-order valence-corrected chi connectivity index (χ3v) is 1.16. The molecule has 0 saturated heterocycles. The van der Waals surface area contributed by atoms with E-state index in [9.17, 15) is 4.79 Å². The van der Waals surface area contributed by atoms with Crippen molar-refractivity contribution in [3.8, 4) is 0 Å². The largest absolute Gasteiger partial charge is 0.288 e. The molecule has 1 aromatic rings. The fourth-order valence-electron chi connectivity index (χ4n) is 0.569. The van der Waals surface area contributed by atoms with Crippen molar-refractivity contribution in [1.82, 2.24) is 15.2 Å². The molecule has 1 aromatic heterocycles. The number of nitrogens with zero attached hydrogens (tertiary/aromatic N) is 3. The van der Waals surface area contributed by atoms with Crippen LogP contribution < -0.4 is 11.0 Å². The highest BCUT2D eigenvalue weighted by molar-refractivity contribution is 5.54. The van der Waals surface area contributed by atoms with Gasteiger partial charge in [-0.2, -0.15) is 5.10 Å². The van der Waals surface area contributed by atoms with Gasteiger partial charge in [-0.25, -0.2) is 5.43 Å². The third-order valence-electron chi connectivity index (χ3n) is 1.16. The first-order valence-corrected chi connectivity index (χ1v) is 3.41. The lowest BCUT2D eigenvalue weighted by atomic mass is 10.5. The topological polar surface area (TPSA) is 83.0 Å². The quantitative estimate of drug-likeness (QED) is 0.475. The fourth-order valence-corrected chi connectivity index (χ4v) is 0.569. The van der Waals surface area contributed by atoms with E-state index in [0.717, 1.165) is 0 Å². The average molecular weight is 167 g/mol. The normalized spacial score (nSPS) is 10.5. The van der Waals surface area contributed by atoms with Gasteiger partial charge in [-0.15, -0.1) is 10.2 Å². The van der Waals surface area contributed by atoms with Crippen molar-refractivity contribution in [2.75, 3.05) is 5.43 Å². The van der Waals surface area contributed by atoms with Crippen molar-refractivity contribution in [2.45, 2.75) is 13.8 Å². The minimum Gasteiger partial charge on any atom is -0.288 e. The summed E-state index contributed by atoms with van der Waals surface area (Å²) in [6, 6.07) is 0. The van der Waals surface area contributed by atoms with Gasteiger partial charge in [0.1, 0.15) is 5.69 Å². The second kappa shape index (κ2) is 3.61. The highest BCUT2D eigenvalue weighted by atomic mass is 16.1. The molecular weight excluding hydrogens is 158 g/mol. The number of hydrazone groups is 1. The van der Waals surface area contributed by atoms with Gasteiger partial charge in [0.25, 0.3) is 5.56 Å². The molecule has 6 nitrogen and oxygen atoms in total. The summed E-state index contributed by atoms with van der Waals surface area (Å²) in [5.74, 6) is 0.240. The van der Waals surface area contributed by atoms with E-state index >= 15 is 0 Å². The summed E-state index contributed by atoms with van der Waals surface area (Å²) in [4.78, 5) is 13.4. The Kier molecular flexibility index (Phi) is 2.52. The van der Waals surface area contributed by atoms with Crippen molar-refractivity contribution in [1.29, 1.82) is 0 Å². The van der Waals surface area contributed by atoms with Crippen molar-refractivity contribution in [3.05, 3.63) is 16.0 Å². The van der Waals surface area contributed by atoms with E-state index in [1.54, 1.807) is 20.1 Å². The highest BCUT2D eigenvalue weighted by Gasteiger charge is 1.96. The van der Waals surface area contributed by atoms with Gasteiger partial charge in [-0.1, -0.05) is 0 Å². The third kappa shape index (κ3) is 1.88. The lowest BCUT2D eigenvalue weighted by Gasteiger charge is -1.96. The smallest absolute Gasteiger partial charge is 0.274 e. The molecule has 0 aliphatic carbocycles. The standard InChI is InChI=1S/C6H9N5O/c1-3-7-10-6-8-5(12)4(2)9-11-6/h3H,1-2H3,(H2,8,10,11,12)/b7-3-. The van der Waals surface area contributed by atoms with Crippen LogP contribution >= 0.6 is 0 Å². The van der Waals surface area contributed by atoms with Gasteiger partial charge in [0.2, 0.25) is 5.95 Å². The zero-order valence-corrected chi connectivity index (χ0v) is 6.83. The number of H-pyrrole nitrogens is 1. The van der Waals surface area contributed by atoms with Crippen LogP contribution in [0, 0.1) is 6.92 Å². The predicted molar refractivity (Wildman–Crippen MR) is 45.2 cm³/mol. The summed E-state index contributed by atoms with van der Waals surface area (Å²) in [5, 5.41) is 10.9. The first-order chi connectivity index (χ1) is 5.74. The van der Waals surface area contributed by atoms with Gasteiger partial charge < -0.3 is 0 Å². The minimum atomic E-state index is -0.265. The van der Waals surface area contributed by atoms with Gasteiger partial charge >= 0.3 is 0 Å². The molecule has 1 rings (SSSR count). The Morgan fingerprint density at radius 1 is 1.58 bits per heavy atom. The molecular formula is C6H9N5O. The van der Waals surface area contributed by atoms with Crippen LogP contribution in [0.25, 0.3) is 0 Å². The second-order valence-electron chi connectivity index (χ2n) is 2.09. The summed E-state index contributed by atoms with van der Waals surface area (Å²) in [6.45, 7) is 3.32. The number of aryl methyl sites for hydroxylation is 1. The van der Waals surface area contributed by atoms with Gasteiger partial charge in [-0.05, 0) is 13.8 Å². The number of anilines is 1. The Labute approximate surface area is 68.7 Å². The van der Waals surface area contributed by atoms with E-state index < -0.39 is 0 Å². The SMILES string of the molecule is C/C=N\Nc1nnc(C)c(=O)[nH]1. The molecule has 0 amide bonds. The number of nitrogens with one attached hydrogen (secondary N) is 2. The number of hydrogen-bond donors (Lipinski definition) is 2. The van der Waals surface area contributed by atoms with Crippen molar-refractivity contribution < 1.29 is 0 Å². The first kappa shape index (κ1) is 8.38. The maximum Gasteiger partial charge on any atom is 0.274 e. The van der Waals surface area contributed by atoms with Crippen molar-refractivity contribution in [2.24, 2.45) is 5.10 Å². The Morgan fingerprint density at radius 2 is 2.33 bits per heavy atom. The molecule has 0 spiro atoms. The van der Waals surface area contributed by atoms with Crippen molar-refractivity contribution >= 4 is 12.2 Å². The van der Waals surface area contributed by atoms with Crippen molar-refractivity contribution in [3.63, 3.8) is 0 Å². The number of hydrogen-bond acceptors (Lipinski definition) is 5. The predicted octanol–water partition coefficient (Wildman–Crippen LogP) is -0.109. The fraction of sp³-hybridized carbons (Fsp3) is 0.333. The van der Waals surface area contributed by atoms with Crippen LogP contribution in [-0.2, 0) is 0 Å². The highest BCUT2D eigenvalue weighted by Crippen LogP contribution is 1.88. The Hall–Kier alpha value is -1.72. The Bertz CT molecular complexity index is 342. The Balaban J connectivity index is 2.90. The lowest BCUT2D eigenvalue weighted by molar-refractivity contribution is 0.897. The van der Waals surface area contributed by atoms with Gasteiger partial charge in [0, 0.05) is 6.21 Å². The summed E-state index contributed by atoms with van der Waals surface area (Å²) < 4.78 is 0. The maximum atomic E-state index is 11.0. The molecule has 0 atom stereocenters. The summed E-state index contributed by atoms with van der Waals surface area (Å²) in [7, 11) is 0. The van der Waals surface area contributed by atoms with Gasteiger partial charge in [-0.3, -0.25) is 9.78 Å². The summed E-state index contributed by atoms with van der Waals surface area (Å²) in [5.41, 5.74) is 2.57.